The molecule has 0 aromatic heterocycles. The Morgan fingerprint density at radius 2 is 1.66 bits per heavy atom. The number of carbonyl (C=O) groups excluding carboxylic acids is 1. The third-order valence-electron chi connectivity index (χ3n) is 5.21. The topological polar surface area (TPSA) is 94.2 Å². The summed E-state index contributed by atoms with van der Waals surface area (Å²) in [5, 5.41) is 2.74. The molecule has 32 heavy (non-hydrogen) atoms. The summed E-state index contributed by atoms with van der Waals surface area (Å²) < 4.78 is 43.5. The summed E-state index contributed by atoms with van der Waals surface area (Å²) in [5.41, 5.74) is 1.06. The van der Waals surface area contributed by atoms with E-state index in [9.17, 15) is 13.2 Å². The van der Waals surface area contributed by atoms with E-state index in [1.807, 2.05) is 0 Å². The molecule has 1 heterocycles. The number of anilines is 1. The average Bonchev–Trinajstić information content (AvgIpc) is 2.83. The van der Waals surface area contributed by atoms with Crippen molar-refractivity contribution >= 4 is 27.7 Å². The van der Waals surface area contributed by atoms with E-state index in [1.165, 1.54) is 30.7 Å². The van der Waals surface area contributed by atoms with Crippen LogP contribution in [0.25, 0.3) is 6.08 Å². The number of ether oxygens (including phenoxy) is 3. The van der Waals surface area contributed by atoms with Crippen molar-refractivity contribution in [1.82, 2.24) is 4.31 Å². The second-order valence-corrected chi connectivity index (χ2v) is 9.17. The molecular formula is C23H28N2O6S. The summed E-state index contributed by atoms with van der Waals surface area (Å²) in [6.07, 6.45) is 5.61. The molecule has 1 fully saturated rings. The summed E-state index contributed by atoms with van der Waals surface area (Å²) in [4.78, 5) is 12.5. The second-order valence-electron chi connectivity index (χ2n) is 7.26. The fraction of sp³-hybridized carbons (Fsp3) is 0.348. The highest BCUT2D eigenvalue weighted by molar-refractivity contribution is 7.89. The Bertz CT molecular complexity index is 1090. The van der Waals surface area contributed by atoms with Crippen molar-refractivity contribution in [2.75, 3.05) is 39.7 Å². The third kappa shape index (κ3) is 5.41. The standard InChI is InChI=1S/C23H28N2O6S/c1-29-18-9-10-19(21(16-18)31-3)24-23(26)12-8-17-7-11-20(30-2)22(15-17)32(27,28)25-13-5-4-6-14-25/h7-12,15-16H,4-6,13-14H2,1-3H3,(H,24,26). The van der Waals surface area contributed by atoms with E-state index in [0.717, 1.165) is 19.3 Å². The Labute approximate surface area is 188 Å². The van der Waals surface area contributed by atoms with Gasteiger partial charge in [-0.05, 0) is 48.7 Å². The maximum absolute atomic E-state index is 13.1. The van der Waals surface area contributed by atoms with Gasteiger partial charge < -0.3 is 19.5 Å². The number of rotatable bonds is 8. The van der Waals surface area contributed by atoms with Gasteiger partial charge in [0.15, 0.2) is 0 Å². The van der Waals surface area contributed by atoms with E-state index in [-0.39, 0.29) is 16.6 Å². The van der Waals surface area contributed by atoms with E-state index in [2.05, 4.69) is 5.32 Å². The van der Waals surface area contributed by atoms with Gasteiger partial charge in [0.05, 0.1) is 27.0 Å². The molecule has 0 radical (unpaired) electrons. The number of amides is 1. The smallest absolute Gasteiger partial charge is 0.248 e. The van der Waals surface area contributed by atoms with Crippen molar-refractivity contribution < 1.29 is 27.4 Å². The van der Waals surface area contributed by atoms with Crippen LogP contribution in [0.15, 0.2) is 47.4 Å². The van der Waals surface area contributed by atoms with Gasteiger partial charge in [-0.1, -0.05) is 12.5 Å². The molecule has 8 nitrogen and oxygen atoms in total. The Kier molecular flexibility index (Phi) is 7.76. The van der Waals surface area contributed by atoms with Crippen molar-refractivity contribution in [3.8, 4) is 17.2 Å². The van der Waals surface area contributed by atoms with Crippen LogP contribution in [0.3, 0.4) is 0 Å². The van der Waals surface area contributed by atoms with Crippen molar-refractivity contribution in [2.24, 2.45) is 0 Å². The normalized spacial score (nSPS) is 14.8. The molecule has 0 saturated carbocycles. The van der Waals surface area contributed by atoms with Crippen LogP contribution < -0.4 is 19.5 Å². The summed E-state index contributed by atoms with van der Waals surface area (Å²) in [6.45, 7) is 0.995. The van der Waals surface area contributed by atoms with Crippen molar-refractivity contribution in [1.29, 1.82) is 0 Å². The predicted molar refractivity (Wildman–Crippen MR) is 123 cm³/mol. The number of nitrogens with zero attached hydrogens (tertiary/aromatic N) is 1. The number of hydrogen-bond donors (Lipinski definition) is 1. The molecular weight excluding hydrogens is 432 g/mol. The van der Waals surface area contributed by atoms with Gasteiger partial charge in [-0.3, -0.25) is 4.79 Å². The van der Waals surface area contributed by atoms with E-state index in [1.54, 1.807) is 43.5 Å². The zero-order valence-corrected chi connectivity index (χ0v) is 19.3. The SMILES string of the molecule is COc1ccc(NC(=O)C=Cc2ccc(OC)c(S(=O)(=O)N3CCCCC3)c2)c(OC)c1. The summed E-state index contributed by atoms with van der Waals surface area (Å²) in [5.74, 6) is 0.964. The number of hydrogen-bond acceptors (Lipinski definition) is 6. The van der Waals surface area contributed by atoms with Crippen molar-refractivity contribution in [3.05, 3.63) is 48.0 Å². The fourth-order valence-corrected chi connectivity index (χ4v) is 5.20. The van der Waals surface area contributed by atoms with E-state index in [4.69, 9.17) is 14.2 Å². The number of piperidine rings is 1. The lowest BCUT2D eigenvalue weighted by Gasteiger charge is -2.26. The van der Waals surface area contributed by atoms with Crippen molar-refractivity contribution in [2.45, 2.75) is 24.2 Å². The Balaban J connectivity index is 1.80. The zero-order chi connectivity index (χ0) is 23.1. The van der Waals surface area contributed by atoms with E-state index >= 15 is 0 Å². The van der Waals surface area contributed by atoms with Crippen LogP contribution in [0.2, 0.25) is 0 Å². The van der Waals surface area contributed by atoms with Gasteiger partial charge >= 0.3 is 0 Å². The number of benzene rings is 2. The van der Waals surface area contributed by atoms with Gasteiger partial charge in [0.1, 0.15) is 22.1 Å². The molecule has 1 N–H and O–H groups in total. The first-order chi connectivity index (χ1) is 15.4. The quantitative estimate of drug-likeness (QED) is 0.606. The van der Waals surface area contributed by atoms with E-state index < -0.39 is 10.0 Å². The van der Waals surface area contributed by atoms with E-state index in [0.29, 0.717) is 35.8 Å². The monoisotopic (exact) mass is 460 g/mol. The van der Waals surface area contributed by atoms with Crippen LogP contribution in [0.1, 0.15) is 24.8 Å². The largest absolute Gasteiger partial charge is 0.497 e. The molecule has 2 aromatic rings. The van der Waals surface area contributed by atoms with Crippen LogP contribution in [-0.4, -0.2) is 53.0 Å². The molecule has 2 aromatic carbocycles. The van der Waals surface area contributed by atoms with Crippen molar-refractivity contribution in [3.63, 3.8) is 0 Å². The Hall–Kier alpha value is -3.04. The minimum absolute atomic E-state index is 0.0984. The summed E-state index contributed by atoms with van der Waals surface area (Å²) in [6, 6.07) is 9.89. The molecule has 0 aliphatic carbocycles. The second kappa shape index (κ2) is 10.5. The molecule has 172 valence electrons. The molecule has 9 heteroatoms. The van der Waals surface area contributed by atoms with Crippen LogP contribution in [0.5, 0.6) is 17.2 Å². The number of nitrogens with one attached hydrogen (secondary N) is 1. The maximum Gasteiger partial charge on any atom is 0.248 e. The lowest BCUT2D eigenvalue weighted by molar-refractivity contribution is -0.111. The minimum Gasteiger partial charge on any atom is -0.497 e. The highest BCUT2D eigenvalue weighted by Gasteiger charge is 2.29. The lowest BCUT2D eigenvalue weighted by atomic mass is 10.2. The number of sulfonamides is 1. The Morgan fingerprint density at radius 3 is 2.31 bits per heavy atom. The van der Waals surface area contributed by atoms with Crippen LogP contribution >= 0.6 is 0 Å². The first kappa shape index (κ1) is 23.6. The van der Waals surface area contributed by atoms with Gasteiger partial charge in [0.25, 0.3) is 0 Å². The van der Waals surface area contributed by atoms with Crippen LogP contribution in [0.4, 0.5) is 5.69 Å². The summed E-state index contributed by atoms with van der Waals surface area (Å²) >= 11 is 0. The van der Waals surface area contributed by atoms with Crippen LogP contribution in [0, 0.1) is 0 Å². The third-order valence-corrected chi connectivity index (χ3v) is 7.13. The zero-order valence-electron chi connectivity index (χ0n) is 18.5. The molecule has 1 aliphatic rings. The highest BCUT2D eigenvalue weighted by atomic mass is 32.2. The molecule has 0 unspecified atom stereocenters. The predicted octanol–water partition coefficient (Wildman–Crippen LogP) is 3.54. The van der Waals surface area contributed by atoms with Gasteiger partial charge in [0, 0.05) is 25.2 Å². The first-order valence-corrected chi connectivity index (χ1v) is 11.7. The van der Waals surface area contributed by atoms with Crippen LogP contribution in [-0.2, 0) is 14.8 Å². The molecule has 1 amide bonds. The number of methoxy groups -OCH3 is 3. The molecule has 1 aliphatic heterocycles. The fourth-order valence-electron chi connectivity index (χ4n) is 3.49. The van der Waals surface area contributed by atoms with Gasteiger partial charge in [-0.2, -0.15) is 4.31 Å². The molecule has 0 bridgehead atoms. The number of carbonyl (C=O) groups is 1. The minimum atomic E-state index is -3.68. The molecule has 0 spiro atoms. The lowest BCUT2D eigenvalue weighted by Crippen LogP contribution is -2.35. The first-order valence-electron chi connectivity index (χ1n) is 10.3. The Morgan fingerprint density at radius 1 is 0.938 bits per heavy atom. The molecule has 3 rings (SSSR count). The molecule has 0 atom stereocenters. The highest BCUT2D eigenvalue weighted by Crippen LogP contribution is 2.31. The molecule has 1 saturated heterocycles. The summed E-state index contributed by atoms with van der Waals surface area (Å²) in [7, 11) is 0.804. The average molecular weight is 461 g/mol. The van der Waals surface area contributed by atoms with Gasteiger partial charge in [-0.25, -0.2) is 8.42 Å². The van der Waals surface area contributed by atoms with Gasteiger partial charge in [-0.15, -0.1) is 0 Å². The maximum atomic E-state index is 13.1. The van der Waals surface area contributed by atoms with Gasteiger partial charge in [0.2, 0.25) is 15.9 Å².